The number of aliphatic hydroxyl groups excluding tert-OH is 1. The molecule has 1 fully saturated rings. The Kier molecular flexibility index (Phi) is 4.07. The third kappa shape index (κ3) is 2.64. The van der Waals surface area contributed by atoms with E-state index >= 15 is 0 Å². The highest BCUT2D eigenvalue weighted by molar-refractivity contribution is 7.98. The van der Waals surface area contributed by atoms with E-state index in [0.717, 1.165) is 23.4 Å². The van der Waals surface area contributed by atoms with E-state index in [1.165, 1.54) is 0 Å². The maximum absolute atomic E-state index is 12.3. The number of rotatable bonds is 3. The highest BCUT2D eigenvalue weighted by Gasteiger charge is 2.27. The second-order valence-electron chi connectivity index (χ2n) is 4.29. The average Bonchev–Trinajstić information content (AvgIpc) is 2.86. The third-order valence-electron chi connectivity index (χ3n) is 3.17. The summed E-state index contributed by atoms with van der Waals surface area (Å²) in [6.07, 6.45) is 2.89. The Bertz CT molecular complexity index is 408. The number of carbonyl (C=O) groups is 1. The first kappa shape index (κ1) is 12.5. The molecule has 0 unspecified atom stereocenters. The maximum Gasteiger partial charge on any atom is 0.254 e. The summed E-state index contributed by atoms with van der Waals surface area (Å²) in [6.45, 7) is 1.61. The number of hydrogen-bond acceptors (Lipinski definition) is 3. The molecule has 1 aliphatic rings. The van der Waals surface area contributed by atoms with Crippen molar-refractivity contribution in [1.29, 1.82) is 0 Å². The molecule has 0 saturated carbocycles. The molecule has 1 heterocycles. The summed E-state index contributed by atoms with van der Waals surface area (Å²) in [5.74, 6) is 0.339. The summed E-state index contributed by atoms with van der Waals surface area (Å²) in [5.41, 5.74) is 0.776. The molecular formula is C13H17NO2S. The van der Waals surface area contributed by atoms with Gasteiger partial charge in [0.1, 0.15) is 0 Å². The van der Waals surface area contributed by atoms with Crippen molar-refractivity contribution in [1.82, 2.24) is 4.90 Å². The standard InChI is InChI=1S/C13H17NO2S/c1-17-12-5-3-2-4-11(12)13(16)14-7-6-10(8-14)9-15/h2-5,10,15H,6-9H2,1H3/t10-/m0/s1. The minimum absolute atomic E-state index is 0.0888. The molecule has 0 spiro atoms. The Morgan fingerprint density at radius 1 is 1.53 bits per heavy atom. The number of benzene rings is 1. The van der Waals surface area contributed by atoms with Crippen LogP contribution >= 0.6 is 11.8 Å². The largest absolute Gasteiger partial charge is 0.396 e. The van der Waals surface area contributed by atoms with E-state index < -0.39 is 0 Å². The molecule has 1 aliphatic heterocycles. The van der Waals surface area contributed by atoms with Crippen molar-refractivity contribution in [2.75, 3.05) is 26.0 Å². The minimum atomic E-state index is 0.0888. The Balaban J connectivity index is 2.15. The van der Waals surface area contributed by atoms with Gasteiger partial charge >= 0.3 is 0 Å². The van der Waals surface area contributed by atoms with Gasteiger partial charge in [0.15, 0.2) is 0 Å². The Morgan fingerprint density at radius 2 is 2.29 bits per heavy atom. The number of aliphatic hydroxyl groups is 1. The first-order chi connectivity index (χ1) is 8.26. The van der Waals surface area contributed by atoms with Gasteiger partial charge in [-0.3, -0.25) is 4.79 Å². The van der Waals surface area contributed by atoms with E-state index in [4.69, 9.17) is 5.11 Å². The van der Waals surface area contributed by atoms with E-state index in [0.29, 0.717) is 6.54 Å². The van der Waals surface area contributed by atoms with Crippen LogP contribution in [0.4, 0.5) is 0 Å². The summed E-state index contributed by atoms with van der Waals surface area (Å²) in [6, 6.07) is 7.69. The predicted molar refractivity (Wildman–Crippen MR) is 69.3 cm³/mol. The lowest BCUT2D eigenvalue weighted by atomic mass is 10.1. The molecule has 1 aromatic rings. The molecule has 4 heteroatoms. The number of likely N-dealkylation sites (tertiary alicyclic amines) is 1. The number of amides is 1. The zero-order chi connectivity index (χ0) is 12.3. The molecule has 1 saturated heterocycles. The molecule has 3 nitrogen and oxygen atoms in total. The monoisotopic (exact) mass is 251 g/mol. The zero-order valence-corrected chi connectivity index (χ0v) is 10.7. The Hall–Kier alpha value is -1.00. The number of hydrogen-bond donors (Lipinski definition) is 1. The van der Waals surface area contributed by atoms with Crippen LogP contribution in [0.15, 0.2) is 29.2 Å². The molecule has 0 radical (unpaired) electrons. The molecule has 17 heavy (non-hydrogen) atoms. The van der Waals surface area contributed by atoms with E-state index in [9.17, 15) is 4.79 Å². The van der Waals surface area contributed by atoms with Crippen molar-refractivity contribution in [3.05, 3.63) is 29.8 Å². The van der Waals surface area contributed by atoms with Gasteiger partial charge in [0.25, 0.3) is 5.91 Å². The fourth-order valence-corrected chi connectivity index (χ4v) is 2.75. The lowest BCUT2D eigenvalue weighted by Crippen LogP contribution is -2.29. The van der Waals surface area contributed by atoms with Crippen molar-refractivity contribution in [2.45, 2.75) is 11.3 Å². The zero-order valence-electron chi connectivity index (χ0n) is 9.93. The summed E-state index contributed by atoms with van der Waals surface area (Å²) in [7, 11) is 0. The first-order valence-electron chi connectivity index (χ1n) is 5.79. The molecule has 2 rings (SSSR count). The van der Waals surface area contributed by atoms with Gasteiger partial charge < -0.3 is 10.0 Å². The van der Waals surface area contributed by atoms with Gasteiger partial charge in [-0.2, -0.15) is 0 Å². The fourth-order valence-electron chi connectivity index (χ4n) is 2.16. The molecule has 1 N–H and O–H groups in total. The number of carbonyl (C=O) groups excluding carboxylic acids is 1. The third-order valence-corrected chi connectivity index (χ3v) is 3.96. The molecule has 1 atom stereocenters. The van der Waals surface area contributed by atoms with E-state index in [1.54, 1.807) is 11.8 Å². The smallest absolute Gasteiger partial charge is 0.254 e. The van der Waals surface area contributed by atoms with Gasteiger partial charge in [-0.1, -0.05) is 12.1 Å². The molecule has 0 bridgehead atoms. The highest BCUT2D eigenvalue weighted by atomic mass is 32.2. The van der Waals surface area contributed by atoms with Crippen molar-refractivity contribution in [2.24, 2.45) is 5.92 Å². The molecule has 1 amide bonds. The fraction of sp³-hybridized carbons (Fsp3) is 0.462. The van der Waals surface area contributed by atoms with Gasteiger partial charge in [-0.05, 0) is 24.8 Å². The highest BCUT2D eigenvalue weighted by Crippen LogP contribution is 2.24. The van der Waals surface area contributed by atoms with Crippen LogP contribution < -0.4 is 0 Å². The van der Waals surface area contributed by atoms with Crippen molar-refractivity contribution >= 4 is 17.7 Å². The lowest BCUT2D eigenvalue weighted by Gasteiger charge is -2.17. The molecule has 1 aromatic carbocycles. The summed E-state index contributed by atoms with van der Waals surface area (Å²) >= 11 is 1.59. The normalized spacial score (nSPS) is 19.6. The molecule has 92 valence electrons. The van der Waals surface area contributed by atoms with E-state index in [1.807, 2.05) is 35.4 Å². The van der Waals surface area contributed by atoms with Crippen LogP contribution in [0.3, 0.4) is 0 Å². The summed E-state index contributed by atoms with van der Waals surface area (Å²) in [5, 5.41) is 9.09. The van der Waals surface area contributed by atoms with E-state index in [-0.39, 0.29) is 18.4 Å². The topological polar surface area (TPSA) is 40.5 Å². The molecule has 0 aliphatic carbocycles. The lowest BCUT2D eigenvalue weighted by molar-refractivity contribution is 0.0778. The second kappa shape index (κ2) is 5.56. The SMILES string of the molecule is CSc1ccccc1C(=O)N1CC[C@H](CO)C1. The first-order valence-corrected chi connectivity index (χ1v) is 7.02. The van der Waals surface area contributed by atoms with Crippen LogP contribution in [0.25, 0.3) is 0 Å². The Labute approximate surface area is 106 Å². The van der Waals surface area contributed by atoms with Crippen LogP contribution in [0.2, 0.25) is 0 Å². The van der Waals surface area contributed by atoms with Crippen LogP contribution in [-0.2, 0) is 0 Å². The predicted octanol–water partition coefficient (Wildman–Crippen LogP) is 1.86. The van der Waals surface area contributed by atoms with Crippen LogP contribution in [0.5, 0.6) is 0 Å². The molecular weight excluding hydrogens is 234 g/mol. The van der Waals surface area contributed by atoms with Crippen LogP contribution in [-0.4, -0.2) is 41.9 Å². The average molecular weight is 251 g/mol. The van der Waals surface area contributed by atoms with Gasteiger partial charge in [0.05, 0.1) is 5.56 Å². The maximum atomic E-state index is 12.3. The number of nitrogens with zero attached hydrogens (tertiary/aromatic N) is 1. The minimum Gasteiger partial charge on any atom is -0.396 e. The molecule has 0 aromatic heterocycles. The summed E-state index contributed by atoms with van der Waals surface area (Å²) in [4.78, 5) is 15.2. The van der Waals surface area contributed by atoms with E-state index in [2.05, 4.69) is 0 Å². The van der Waals surface area contributed by atoms with Crippen molar-refractivity contribution in [3.63, 3.8) is 0 Å². The van der Waals surface area contributed by atoms with Crippen molar-refractivity contribution < 1.29 is 9.90 Å². The number of thioether (sulfide) groups is 1. The van der Waals surface area contributed by atoms with Crippen LogP contribution in [0, 0.1) is 5.92 Å². The Morgan fingerprint density at radius 3 is 2.94 bits per heavy atom. The van der Waals surface area contributed by atoms with Crippen molar-refractivity contribution in [3.8, 4) is 0 Å². The van der Waals surface area contributed by atoms with Gasteiger partial charge in [-0.15, -0.1) is 11.8 Å². The van der Waals surface area contributed by atoms with Gasteiger partial charge in [-0.25, -0.2) is 0 Å². The second-order valence-corrected chi connectivity index (χ2v) is 5.14. The quantitative estimate of drug-likeness (QED) is 0.834. The van der Waals surface area contributed by atoms with Gasteiger partial charge in [0, 0.05) is 30.5 Å². The summed E-state index contributed by atoms with van der Waals surface area (Å²) < 4.78 is 0. The van der Waals surface area contributed by atoms with Gasteiger partial charge in [0.2, 0.25) is 0 Å². The van der Waals surface area contributed by atoms with Crippen LogP contribution in [0.1, 0.15) is 16.8 Å².